The van der Waals surface area contributed by atoms with Gasteiger partial charge in [-0.25, -0.2) is 4.79 Å². The number of aliphatic carboxylic acids is 1. The standard InChI is InChI=1S/C10H13NO3.C6H12O7/c1-13-8-5-3-7(4-6-8)9(11)10(12)14-2;7-1-2(8)3(9)4(10)5(11)6(12)13/h3-6,9H,11H2,1-2H3;2-5,7-11H,1H2,(H,12,13)/t;2-,3-,4+,5-/m.1/s1. The van der Waals surface area contributed by atoms with Crippen LogP contribution < -0.4 is 10.5 Å². The molecule has 0 saturated carbocycles. The molecule has 1 aromatic carbocycles. The fourth-order valence-electron chi connectivity index (χ4n) is 1.74. The molecule has 1 unspecified atom stereocenters. The highest BCUT2D eigenvalue weighted by atomic mass is 16.5. The average molecular weight is 391 g/mol. The Labute approximate surface area is 155 Å². The van der Waals surface area contributed by atoms with Crippen molar-refractivity contribution in [1.29, 1.82) is 0 Å². The van der Waals surface area contributed by atoms with Gasteiger partial charge in [0, 0.05) is 0 Å². The van der Waals surface area contributed by atoms with E-state index in [2.05, 4.69) is 4.74 Å². The summed E-state index contributed by atoms with van der Waals surface area (Å²) in [5, 5.41) is 51.8. The molecule has 0 aromatic heterocycles. The Balaban J connectivity index is 0.000000503. The van der Waals surface area contributed by atoms with Gasteiger partial charge in [-0.05, 0) is 17.7 Å². The van der Waals surface area contributed by atoms with Crippen LogP contribution in [-0.4, -0.2) is 87.8 Å². The predicted molar refractivity (Wildman–Crippen MR) is 90.7 cm³/mol. The quantitative estimate of drug-likeness (QED) is 0.229. The number of esters is 1. The number of methoxy groups -OCH3 is 2. The molecular formula is C16H25NO10. The second-order valence-electron chi connectivity index (χ2n) is 5.29. The molecule has 0 amide bonds. The van der Waals surface area contributed by atoms with Gasteiger partial charge in [0.25, 0.3) is 0 Å². The first kappa shape index (κ1) is 24.7. The van der Waals surface area contributed by atoms with Crippen LogP contribution in [0.15, 0.2) is 24.3 Å². The van der Waals surface area contributed by atoms with Gasteiger partial charge in [0.15, 0.2) is 6.10 Å². The molecule has 5 atom stereocenters. The Morgan fingerprint density at radius 1 is 1.04 bits per heavy atom. The van der Waals surface area contributed by atoms with Crippen LogP contribution in [0.25, 0.3) is 0 Å². The Bertz CT molecular complexity index is 579. The molecule has 27 heavy (non-hydrogen) atoms. The molecule has 0 aliphatic heterocycles. The van der Waals surface area contributed by atoms with E-state index in [0.717, 1.165) is 5.75 Å². The SMILES string of the molecule is COC(=O)C(N)c1ccc(OC)cc1.O=C(O)[C@H](O)[C@@H](O)[C@H](O)[C@H](O)CO. The molecule has 11 heteroatoms. The van der Waals surface area contributed by atoms with Gasteiger partial charge in [-0.3, -0.25) is 4.79 Å². The van der Waals surface area contributed by atoms with Crippen molar-refractivity contribution >= 4 is 11.9 Å². The van der Waals surface area contributed by atoms with Gasteiger partial charge < -0.3 is 45.8 Å². The third-order valence-electron chi connectivity index (χ3n) is 3.44. The number of aliphatic hydroxyl groups excluding tert-OH is 5. The smallest absolute Gasteiger partial charge is 0.335 e. The van der Waals surface area contributed by atoms with E-state index in [0.29, 0.717) is 5.56 Å². The minimum absolute atomic E-state index is 0.449. The van der Waals surface area contributed by atoms with E-state index in [4.69, 9.17) is 41.1 Å². The molecule has 1 aromatic rings. The van der Waals surface area contributed by atoms with E-state index in [1.165, 1.54) is 7.11 Å². The first-order chi connectivity index (χ1) is 12.6. The van der Waals surface area contributed by atoms with Gasteiger partial charge in [0.05, 0.1) is 20.8 Å². The van der Waals surface area contributed by atoms with Crippen LogP contribution in [-0.2, 0) is 14.3 Å². The van der Waals surface area contributed by atoms with Gasteiger partial charge in [0.2, 0.25) is 0 Å². The summed E-state index contributed by atoms with van der Waals surface area (Å²) in [6, 6.07) is 6.24. The average Bonchev–Trinajstić information content (AvgIpc) is 2.70. The number of carbonyl (C=O) groups excluding carboxylic acids is 1. The second-order valence-corrected chi connectivity index (χ2v) is 5.29. The molecule has 0 spiro atoms. The fraction of sp³-hybridized carbons (Fsp3) is 0.500. The number of carbonyl (C=O) groups is 2. The van der Waals surface area contributed by atoms with Crippen molar-refractivity contribution in [3.8, 4) is 5.75 Å². The van der Waals surface area contributed by atoms with E-state index in [1.807, 2.05) is 0 Å². The minimum atomic E-state index is -2.20. The Morgan fingerprint density at radius 3 is 1.93 bits per heavy atom. The van der Waals surface area contributed by atoms with Crippen molar-refractivity contribution in [2.45, 2.75) is 30.5 Å². The van der Waals surface area contributed by atoms with Crippen LogP contribution in [0.1, 0.15) is 11.6 Å². The lowest BCUT2D eigenvalue weighted by molar-refractivity contribution is -0.164. The summed E-state index contributed by atoms with van der Waals surface area (Å²) >= 11 is 0. The maximum atomic E-state index is 11.1. The maximum absolute atomic E-state index is 11.1. The number of benzene rings is 1. The van der Waals surface area contributed by atoms with Crippen LogP contribution in [0.2, 0.25) is 0 Å². The molecule has 0 heterocycles. The Hall–Kier alpha value is -2.28. The van der Waals surface area contributed by atoms with Gasteiger partial charge >= 0.3 is 11.9 Å². The fourth-order valence-corrected chi connectivity index (χ4v) is 1.74. The van der Waals surface area contributed by atoms with Gasteiger partial charge in [-0.2, -0.15) is 0 Å². The summed E-state index contributed by atoms with van der Waals surface area (Å²) in [7, 11) is 2.89. The number of hydrogen-bond acceptors (Lipinski definition) is 10. The zero-order chi connectivity index (χ0) is 21.1. The molecule has 1 rings (SSSR count). The van der Waals surface area contributed by atoms with Crippen LogP contribution in [0.4, 0.5) is 0 Å². The molecule has 0 bridgehead atoms. The number of aliphatic hydroxyl groups is 5. The Morgan fingerprint density at radius 2 is 1.56 bits per heavy atom. The minimum Gasteiger partial charge on any atom is -0.497 e. The molecule has 154 valence electrons. The summed E-state index contributed by atoms with van der Waals surface area (Å²) in [4.78, 5) is 21.2. The van der Waals surface area contributed by atoms with Crippen LogP contribution in [0.5, 0.6) is 5.75 Å². The molecule has 0 aliphatic rings. The van der Waals surface area contributed by atoms with Crippen molar-refractivity contribution in [1.82, 2.24) is 0 Å². The highest BCUT2D eigenvalue weighted by molar-refractivity contribution is 5.77. The van der Waals surface area contributed by atoms with Gasteiger partial charge in [-0.1, -0.05) is 12.1 Å². The predicted octanol–water partition coefficient (Wildman–Crippen LogP) is -2.63. The van der Waals surface area contributed by atoms with Crippen LogP contribution in [0, 0.1) is 0 Å². The molecule has 8 N–H and O–H groups in total. The molecule has 11 nitrogen and oxygen atoms in total. The highest BCUT2D eigenvalue weighted by Gasteiger charge is 2.33. The van der Waals surface area contributed by atoms with E-state index in [-0.39, 0.29) is 0 Å². The summed E-state index contributed by atoms with van der Waals surface area (Å²) in [5.74, 6) is -1.45. The second kappa shape index (κ2) is 12.2. The number of ether oxygens (including phenoxy) is 2. The van der Waals surface area contributed by atoms with Crippen molar-refractivity contribution in [3.63, 3.8) is 0 Å². The van der Waals surface area contributed by atoms with E-state index >= 15 is 0 Å². The lowest BCUT2D eigenvalue weighted by Gasteiger charge is -2.23. The summed E-state index contributed by atoms with van der Waals surface area (Å²) < 4.78 is 9.51. The molecule has 0 saturated heterocycles. The lowest BCUT2D eigenvalue weighted by atomic mass is 10.0. The van der Waals surface area contributed by atoms with Crippen molar-refractivity contribution in [2.75, 3.05) is 20.8 Å². The van der Waals surface area contributed by atoms with Crippen molar-refractivity contribution in [2.24, 2.45) is 5.73 Å². The summed E-state index contributed by atoms with van der Waals surface area (Å²) in [6.07, 6.45) is -7.84. The molecule has 0 fully saturated rings. The maximum Gasteiger partial charge on any atom is 0.335 e. The topological polar surface area (TPSA) is 200 Å². The molecular weight excluding hydrogens is 366 g/mol. The van der Waals surface area contributed by atoms with Gasteiger partial charge in [-0.15, -0.1) is 0 Å². The van der Waals surface area contributed by atoms with Crippen molar-refractivity contribution in [3.05, 3.63) is 29.8 Å². The van der Waals surface area contributed by atoms with Crippen LogP contribution >= 0.6 is 0 Å². The van der Waals surface area contributed by atoms with Crippen molar-refractivity contribution < 1.29 is 49.7 Å². The molecule has 0 aliphatic carbocycles. The summed E-state index contributed by atoms with van der Waals surface area (Å²) in [5.41, 5.74) is 6.33. The number of rotatable bonds is 8. The summed E-state index contributed by atoms with van der Waals surface area (Å²) in [6.45, 7) is -0.843. The molecule has 0 radical (unpaired) electrons. The zero-order valence-corrected chi connectivity index (χ0v) is 14.8. The Kier molecular flexibility index (Phi) is 11.1. The monoisotopic (exact) mass is 391 g/mol. The zero-order valence-electron chi connectivity index (χ0n) is 14.8. The van der Waals surface area contributed by atoms with E-state index < -0.39 is 49.0 Å². The third kappa shape index (κ3) is 7.86. The number of nitrogens with two attached hydrogens (primary N) is 1. The van der Waals surface area contributed by atoms with Crippen LogP contribution in [0.3, 0.4) is 0 Å². The van der Waals surface area contributed by atoms with E-state index in [1.54, 1.807) is 31.4 Å². The third-order valence-corrected chi connectivity index (χ3v) is 3.44. The van der Waals surface area contributed by atoms with E-state index in [9.17, 15) is 9.59 Å². The first-order valence-corrected chi connectivity index (χ1v) is 7.63. The first-order valence-electron chi connectivity index (χ1n) is 7.63. The lowest BCUT2D eigenvalue weighted by Crippen LogP contribution is -2.48. The normalized spacial score (nSPS) is 16.0. The number of carboxylic acids is 1. The number of hydrogen-bond donors (Lipinski definition) is 7. The highest BCUT2D eigenvalue weighted by Crippen LogP contribution is 2.16. The number of carboxylic acid groups (broad SMARTS) is 1. The largest absolute Gasteiger partial charge is 0.497 e. The van der Waals surface area contributed by atoms with Gasteiger partial charge in [0.1, 0.15) is 30.1 Å².